The highest BCUT2D eigenvalue weighted by Crippen LogP contribution is 2.32. The van der Waals surface area contributed by atoms with Crippen molar-refractivity contribution in [1.82, 2.24) is 19.9 Å². The molecule has 4 aromatic rings. The van der Waals surface area contributed by atoms with Crippen LogP contribution >= 0.6 is 0 Å². The van der Waals surface area contributed by atoms with Gasteiger partial charge in [0.05, 0.1) is 12.3 Å². The van der Waals surface area contributed by atoms with E-state index in [-0.39, 0.29) is 0 Å². The number of aliphatic imine (C=N–C) groups is 1. The van der Waals surface area contributed by atoms with Crippen molar-refractivity contribution < 1.29 is 19.2 Å². The molecule has 2 aliphatic heterocycles. The number of anilines is 2. The second-order valence-corrected chi connectivity index (χ2v) is 12.6. The third kappa shape index (κ3) is 8.47. The molecule has 1 aromatic heterocycles. The van der Waals surface area contributed by atoms with Crippen LogP contribution in [0.2, 0.25) is 0 Å². The lowest BCUT2D eigenvalue weighted by atomic mass is 9.99. The second-order valence-electron chi connectivity index (χ2n) is 12.6. The third-order valence-electron chi connectivity index (χ3n) is 9.07. The van der Waals surface area contributed by atoms with Gasteiger partial charge in [0, 0.05) is 42.5 Å². The van der Waals surface area contributed by atoms with E-state index >= 15 is 0 Å². The Hall–Kier alpha value is -5.16. The molecular formula is C38H45N7O4. The number of nitrogens with one attached hydrogen (secondary N) is 1. The number of likely N-dealkylation sites (tertiary alicyclic amines) is 1. The average Bonchev–Trinajstić information content (AvgIpc) is 3.53. The third-order valence-corrected chi connectivity index (χ3v) is 9.07. The summed E-state index contributed by atoms with van der Waals surface area (Å²) in [7, 11) is 0. The van der Waals surface area contributed by atoms with Gasteiger partial charge in [-0.3, -0.25) is 4.90 Å². The monoisotopic (exact) mass is 663 g/mol. The summed E-state index contributed by atoms with van der Waals surface area (Å²) in [6.07, 6.45) is 5.29. The van der Waals surface area contributed by atoms with Crippen LogP contribution in [-0.2, 0) is 6.42 Å². The van der Waals surface area contributed by atoms with E-state index in [0.29, 0.717) is 48.6 Å². The summed E-state index contributed by atoms with van der Waals surface area (Å²) in [5.41, 5.74) is 5.11. The largest absolute Gasteiger partial charge is 0.493 e. The van der Waals surface area contributed by atoms with E-state index < -0.39 is 12.3 Å². The first kappa shape index (κ1) is 33.7. The number of carboxylic acid groups (broad SMARTS) is 1. The van der Waals surface area contributed by atoms with E-state index in [4.69, 9.17) is 14.3 Å². The number of ether oxygens (including phenoxy) is 1. The van der Waals surface area contributed by atoms with Crippen molar-refractivity contribution in [3.63, 3.8) is 0 Å². The van der Waals surface area contributed by atoms with Crippen molar-refractivity contribution in [2.24, 2.45) is 4.99 Å². The zero-order valence-electron chi connectivity index (χ0n) is 28.5. The van der Waals surface area contributed by atoms with Crippen LogP contribution in [0.3, 0.4) is 0 Å². The van der Waals surface area contributed by atoms with Gasteiger partial charge in [-0.2, -0.15) is 4.98 Å². The van der Waals surface area contributed by atoms with E-state index in [1.165, 1.54) is 37.3 Å². The molecule has 0 spiro atoms. The Balaban J connectivity index is 1.33. The van der Waals surface area contributed by atoms with Crippen LogP contribution in [0.1, 0.15) is 54.1 Å². The van der Waals surface area contributed by atoms with Gasteiger partial charge in [-0.15, -0.1) is 0 Å². The molecule has 0 bridgehead atoms. The Bertz CT molecular complexity index is 1780. The lowest BCUT2D eigenvalue weighted by molar-refractivity contribution is 0.193. The number of aromatic nitrogens is 2. The molecule has 1 unspecified atom stereocenters. The Morgan fingerprint density at radius 3 is 2.55 bits per heavy atom. The van der Waals surface area contributed by atoms with Gasteiger partial charge in [0.2, 0.25) is 11.9 Å². The van der Waals surface area contributed by atoms with Crippen LogP contribution in [0.5, 0.6) is 5.75 Å². The molecule has 1 atom stereocenters. The van der Waals surface area contributed by atoms with Gasteiger partial charge in [-0.25, -0.2) is 9.79 Å². The number of piperidine rings is 1. The van der Waals surface area contributed by atoms with E-state index in [1.807, 2.05) is 65.6 Å². The van der Waals surface area contributed by atoms with Crippen LogP contribution in [0, 0.1) is 20.8 Å². The number of guanidine groups is 1. The summed E-state index contributed by atoms with van der Waals surface area (Å²) < 4.78 is 11.6. The summed E-state index contributed by atoms with van der Waals surface area (Å²) in [4.78, 5) is 28.4. The summed E-state index contributed by atoms with van der Waals surface area (Å²) in [6, 6.07) is 23.0. The van der Waals surface area contributed by atoms with E-state index in [2.05, 4.69) is 40.3 Å². The number of carbonyl (C=O) groups is 1. The van der Waals surface area contributed by atoms with Gasteiger partial charge in [0.15, 0.2) is 5.82 Å². The maximum Gasteiger partial charge on any atom is 0.413 e. The molecule has 0 radical (unpaired) electrons. The maximum absolute atomic E-state index is 13.1. The number of rotatable bonds is 12. The zero-order chi connectivity index (χ0) is 34.2. The van der Waals surface area contributed by atoms with E-state index in [0.717, 1.165) is 41.1 Å². The van der Waals surface area contributed by atoms with E-state index in [1.54, 1.807) is 19.1 Å². The maximum atomic E-state index is 13.1. The van der Waals surface area contributed by atoms with E-state index in [9.17, 15) is 9.90 Å². The number of benzene rings is 3. The predicted molar refractivity (Wildman–Crippen MR) is 192 cm³/mol. The van der Waals surface area contributed by atoms with Crippen molar-refractivity contribution in [2.45, 2.75) is 59.0 Å². The van der Waals surface area contributed by atoms with Gasteiger partial charge in [-0.1, -0.05) is 54.0 Å². The minimum atomic E-state index is -1.09. The standard InChI is InChI=1S/C38H45N7O4/c1-27-13-10-18-33(28(27)2)34-26-36(45(38(46)47)31-15-6-4-7-16-31)44(23-19-35-39-29(3)42-49-35)37(41-34)40-30-14-11-17-32(25-30)48-24-12-22-43-20-8-5-9-21-43/h4,6-7,10-11,13-18,25-26,36H,5,8-9,12,19-24H2,1-3H3,(H,40,41)(H,46,47). The first-order valence-electron chi connectivity index (χ1n) is 17.1. The van der Waals surface area contributed by atoms with Crippen LogP contribution in [0.25, 0.3) is 5.70 Å². The van der Waals surface area contributed by atoms with Gasteiger partial charge < -0.3 is 29.5 Å². The highest BCUT2D eigenvalue weighted by Gasteiger charge is 2.35. The van der Waals surface area contributed by atoms with Crippen molar-refractivity contribution in [3.8, 4) is 5.75 Å². The number of hydrogen-bond acceptors (Lipinski definition) is 9. The Labute approximate surface area is 287 Å². The molecule has 1 amide bonds. The summed E-state index contributed by atoms with van der Waals surface area (Å²) in [5.74, 6) is 2.25. The molecule has 3 aromatic carbocycles. The molecular weight excluding hydrogens is 618 g/mol. The Morgan fingerprint density at radius 1 is 1.00 bits per heavy atom. The zero-order valence-corrected chi connectivity index (χ0v) is 28.5. The molecule has 49 heavy (non-hydrogen) atoms. The summed E-state index contributed by atoms with van der Waals surface area (Å²) in [5, 5.41) is 18.2. The van der Waals surface area contributed by atoms with Crippen molar-refractivity contribution in [3.05, 3.63) is 107 Å². The normalized spacial score (nSPS) is 16.6. The van der Waals surface area contributed by atoms with Crippen molar-refractivity contribution in [2.75, 3.05) is 43.0 Å². The second kappa shape index (κ2) is 15.8. The topological polar surface area (TPSA) is 120 Å². The molecule has 11 heteroatoms. The molecule has 0 aliphatic carbocycles. The highest BCUT2D eigenvalue weighted by molar-refractivity contribution is 6.01. The Morgan fingerprint density at radius 2 is 1.80 bits per heavy atom. The fourth-order valence-corrected chi connectivity index (χ4v) is 6.38. The van der Waals surface area contributed by atoms with Crippen LogP contribution in [-0.4, -0.2) is 76.1 Å². The van der Waals surface area contributed by atoms with Gasteiger partial charge in [0.1, 0.15) is 11.9 Å². The van der Waals surface area contributed by atoms with Crippen LogP contribution < -0.4 is 15.0 Å². The minimum Gasteiger partial charge on any atom is -0.493 e. The highest BCUT2D eigenvalue weighted by atomic mass is 16.5. The lowest BCUT2D eigenvalue weighted by Crippen LogP contribution is -2.56. The number of hydrogen-bond donors (Lipinski definition) is 2. The van der Waals surface area contributed by atoms with Crippen LogP contribution in [0.4, 0.5) is 16.2 Å². The fraction of sp³-hybridized carbons (Fsp3) is 0.368. The minimum absolute atomic E-state index is 0.345. The molecule has 11 nitrogen and oxygen atoms in total. The average molecular weight is 664 g/mol. The molecule has 2 N–H and O–H groups in total. The molecule has 256 valence electrons. The first-order valence-corrected chi connectivity index (χ1v) is 17.1. The molecule has 1 saturated heterocycles. The fourth-order valence-electron chi connectivity index (χ4n) is 6.38. The molecule has 6 rings (SSSR count). The van der Waals surface area contributed by atoms with Crippen LogP contribution in [0.15, 0.2) is 88.4 Å². The predicted octanol–water partition coefficient (Wildman–Crippen LogP) is 7.13. The lowest BCUT2D eigenvalue weighted by Gasteiger charge is -2.40. The molecule has 3 heterocycles. The quantitative estimate of drug-likeness (QED) is 0.153. The smallest absolute Gasteiger partial charge is 0.413 e. The summed E-state index contributed by atoms with van der Waals surface area (Å²) in [6.45, 7) is 10.3. The number of para-hydroxylation sites is 1. The molecule has 0 saturated carbocycles. The number of aryl methyl sites for hydroxylation is 2. The van der Waals surface area contributed by atoms with Crippen molar-refractivity contribution in [1.29, 1.82) is 0 Å². The molecule has 1 fully saturated rings. The molecule has 2 aliphatic rings. The Kier molecular flexibility index (Phi) is 10.9. The number of amides is 1. The summed E-state index contributed by atoms with van der Waals surface area (Å²) >= 11 is 0. The van der Waals surface area contributed by atoms with Crippen molar-refractivity contribution >= 4 is 29.1 Å². The van der Waals surface area contributed by atoms with Gasteiger partial charge >= 0.3 is 6.09 Å². The van der Waals surface area contributed by atoms with Gasteiger partial charge in [0.25, 0.3) is 0 Å². The number of nitrogens with zero attached hydrogens (tertiary/aromatic N) is 6. The first-order chi connectivity index (χ1) is 23.9. The van der Waals surface area contributed by atoms with Gasteiger partial charge in [-0.05, 0) is 94.6 Å². The SMILES string of the molecule is Cc1noc(CCN2C(Nc3cccc(OCCCN4CCCCC4)c3)=NC(c3cccc(C)c3C)=CC2N(C(=O)O)c2ccccc2)n1.